The minimum atomic E-state index is -1.01. The molecule has 4 aliphatic rings. The molecule has 7 atom stereocenters. The number of benzene rings is 2. The summed E-state index contributed by atoms with van der Waals surface area (Å²) >= 11 is 8.26. The van der Waals surface area contributed by atoms with Gasteiger partial charge in [0.2, 0.25) is 11.8 Å². The third-order valence-corrected chi connectivity index (χ3v) is 12.2. The second-order valence-corrected chi connectivity index (χ2v) is 14.9. The van der Waals surface area contributed by atoms with E-state index in [0.717, 1.165) is 17.5 Å². The van der Waals surface area contributed by atoms with Crippen molar-refractivity contribution in [3.8, 4) is 0 Å². The molecular weight excluding hydrogens is 594 g/mol. The lowest BCUT2D eigenvalue weighted by Gasteiger charge is -2.41. The third kappa shape index (κ3) is 4.72. The van der Waals surface area contributed by atoms with Crippen molar-refractivity contribution in [3.63, 3.8) is 0 Å². The highest BCUT2D eigenvalue weighted by molar-refractivity contribution is 8.02. The Labute approximate surface area is 268 Å². The summed E-state index contributed by atoms with van der Waals surface area (Å²) in [5, 5.41) is 11.2. The Morgan fingerprint density at radius 3 is 2.39 bits per heavy atom. The zero-order chi connectivity index (χ0) is 31.4. The molecule has 4 heterocycles. The second kappa shape index (κ2) is 11.7. The van der Waals surface area contributed by atoms with E-state index in [1.165, 1.54) is 0 Å². The van der Waals surface area contributed by atoms with Crippen LogP contribution in [0.5, 0.6) is 0 Å². The fourth-order valence-corrected chi connectivity index (χ4v) is 10.3. The molecule has 3 amide bonds. The number of amides is 3. The van der Waals surface area contributed by atoms with Gasteiger partial charge in [0, 0.05) is 24.4 Å². The van der Waals surface area contributed by atoms with E-state index in [1.807, 2.05) is 93.3 Å². The first kappa shape index (κ1) is 30.9. The zero-order valence-electron chi connectivity index (χ0n) is 25.7. The van der Waals surface area contributed by atoms with Crippen molar-refractivity contribution < 1.29 is 19.5 Å². The van der Waals surface area contributed by atoms with Crippen molar-refractivity contribution in [3.05, 3.63) is 89.0 Å². The van der Waals surface area contributed by atoms with E-state index >= 15 is 0 Å². The van der Waals surface area contributed by atoms with Crippen molar-refractivity contribution in [1.82, 2.24) is 9.80 Å². The second-order valence-electron chi connectivity index (χ2n) is 12.7. The van der Waals surface area contributed by atoms with Crippen LogP contribution in [0.15, 0.2) is 72.8 Å². The van der Waals surface area contributed by atoms with Crippen LogP contribution in [0.3, 0.4) is 0 Å². The molecule has 4 aliphatic heterocycles. The number of carbonyl (C=O) groups excluding carboxylic acids is 3. The van der Waals surface area contributed by atoms with Crippen molar-refractivity contribution in [1.29, 1.82) is 0 Å². The molecule has 0 aromatic heterocycles. The highest BCUT2D eigenvalue weighted by atomic mass is 35.5. The summed E-state index contributed by atoms with van der Waals surface area (Å²) in [5.41, 5.74) is 2.49. The molecule has 2 fully saturated rings. The van der Waals surface area contributed by atoms with Crippen LogP contribution in [-0.4, -0.2) is 73.9 Å². The summed E-state index contributed by atoms with van der Waals surface area (Å²) in [7, 11) is 0. The van der Waals surface area contributed by atoms with E-state index in [9.17, 15) is 19.5 Å². The van der Waals surface area contributed by atoms with E-state index < -0.39 is 33.4 Å². The molecule has 0 aliphatic carbocycles. The average Bonchev–Trinajstić information content (AvgIpc) is 3.28. The molecule has 1 spiro atoms. The number of rotatable bonds is 7. The van der Waals surface area contributed by atoms with Crippen LogP contribution in [0.1, 0.15) is 38.3 Å². The van der Waals surface area contributed by atoms with Gasteiger partial charge < -0.3 is 19.8 Å². The van der Waals surface area contributed by atoms with Crippen LogP contribution in [0.4, 0.5) is 5.69 Å². The Hall–Kier alpha value is -3.07. The SMILES string of the molecule is CC[C@H](C)[C@H](CO)N1C(=O)[C@@H]2[C@H]3C(=O)N(Cc4ccccc4)CC=C[C@@]3(C)S[C@@]23C=CCN(c2c(C)cccc2Cl)C(=O)C13. The molecule has 0 radical (unpaired) electrons. The number of anilines is 1. The molecule has 0 bridgehead atoms. The lowest BCUT2D eigenvalue weighted by molar-refractivity contribution is -0.146. The van der Waals surface area contributed by atoms with E-state index in [1.54, 1.807) is 27.6 Å². The minimum absolute atomic E-state index is 0.0638. The van der Waals surface area contributed by atoms with Gasteiger partial charge in [0.25, 0.3) is 5.91 Å². The van der Waals surface area contributed by atoms with Gasteiger partial charge in [-0.15, -0.1) is 11.8 Å². The Kier molecular flexibility index (Phi) is 8.22. The summed E-state index contributed by atoms with van der Waals surface area (Å²) in [5.74, 6) is -2.09. The lowest BCUT2D eigenvalue weighted by atomic mass is 9.74. The zero-order valence-corrected chi connectivity index (χ0v) is 27.2. The number of hydrogen-bond donors (Lipinski definition) is 1. The molecule has 7 nitrogen and oxygen atoms in total. The smallest absolute Gasteiger partial charge is 0.251 e. The number of carbonyl (C=O) groups is 3. The summed E-state index contributed by atoms with van der Waals surface area (Å²) < 4.78 is -1.72. The van der Waals surface area contributed by atoms with Gasteiger partial charge in [-0.1, -0.05) is 98.6 Å². The Morgan fingerprint density at radius 2 is 1.70 bits per heavy atom. The molecule has 1 unspecified atom stereocenters. The number of aliphatic hydroxyl groups is 1. The van der Waals surface area contributed by atoms with Crippen LogP contribution in [0, 0.1) is 24.7 Å². The van der Waals surface area contributed by atoms with E-state index in [2.05, 4.69) is 6.08 Å². The first-order valence-electron chi connectivity index (χ1n) is 15.5. The maximum Gasteiger partial charge on any atom is 0.251 e. The van der Waals surface area contributed by atoms with Crippen molar-refractivity contribution in [2.24, 2.45) is 17.8 Å². The number of likely N-dealkylation sites (tertiary alicyclic amines) is 1. The standard InChI is InChI=1S/C35H40ClN3O4S/c1-5-22(2)26(21-40)39-30-33(43)38(29-23(3)12-9-15-25(29)36)19-11-17-35(30)28(32(39)42)27-31(41)37(18-10-16-34(27,4)44-35)20-24-13-7-6-8-14-24/h6-17,22,26-28,30,40H,5,18-21H2,1-4H3/t22-,26-,27-,28-,30?,34+,35-/m0/s1. The highest BCUT2D eigenvalue weighted by Gasteiger charge is 2.74. The van der Waals surface area contributed by atoms with E-state index in [0.29, 0.717) is 23.8 Å². The maximum absolute atomic E-state index is 14.9. The number of aryl methyl sites for hydroxylation is 1. The van der Waals surface area contributed by atoms with E-state index in [4.69, 9.17) is 11.6 Å². The number of fused-ring (bicyclic) bond motifs is 2. The molecule has 9 heteroatoms. The number of nitrogens with zero attached hydrogens (tertiary/aromatic N) is 3. The molecule has 6 rings (SSSR count). The topological polar surface area (TPSA) is 81.2 Å². The van der Waals surface area contributed by atoms with Gasteiger partial charge in [-0.3, -0.25) is 14.4 Å². The quantitative estimate of drug-likeness (QED) is 0.422. The molecule has 232 valence electrons. The number of thioether (sulfide) groups is 1. The number of aliphatic hydroxyl groups excluding tert-OH is 1. The van der Waals surface area contributed by atoms with E-state index in [-0.39, 0.29) is 36.8 Å². The van der Waals surface area contributed by atoms with Gasteiger partial charge in [0.05, 0.1) is 39.9 Å². The lowest BCUT2D eigenvalue weighted by Crippen LogP contribution is -2.58. The van der Waals surface area contributed by atoms with Gasteiger partial charge >= 0.3 is 0 Å². The third-order valence-electron chi connectivity index (χ3n) is 10.1. The average molecular weight is 634 g/mol. The van der Waals surface area contributed by atoms with Gasteiger partial charge in [-0.2, -0.15) is 0 Å². The molecule has 44 heavy (non-hydrogen) atoms. The molecular formula is C35H40ClN3O4S. The van der Waals surface area contributed by atoms with Gasteiger partial charge in [0.15, 0.2) is 0 Å². The Morgan fingerprint density at radius 1 is 0.977 bits per heavy atom. The fourth-order valence-electron chi connectivity index (χ4n) is 7.79. The maximum atomic E-state index is 14.9. The van der Waals surface area contributed by atoms with Crippen molar-refractivity contribution in [2.45, 2.75) is 62.2 Å². The molecule has 2 aromatic carbocycles. The monoisotopic (exact) mass is 633 g/mol. The van der Waals surface area contributed by atoms with Gasteiger partial charge in [-0.25, -0.2) is 0 Å². The normalized spacial score (nSPS) is 31.0. The van der Waals surface area contributed by atoms with Gasteiger partial charge in [-0.05, 0) is 37.0 Å². The predicted octanol–water partition coefficient (Wildman–Crippen LogP) is 5.24. The number of halogens is 1. The van der Waals surface area contributed by atoms with Crippen LogP contribution < -0.4 is 4.90 Å². The summed E-state index contributed by atoms with van der Waals surface area (Å²) in [6, 6.07) is 13.9. The Balaban J connectivity index is 1.49. The van der Waals surface area contributed by atoms with Crippen LogP contribution in [-0.2, 0) is 20.9 Å². The number of para-hydroxylation sites is 1. The van der Waals surface area contributed by atoms with Gasteiger partial charge in [0.1, 0.15) is 6.04 Å². The van der Waals surface area contributed by atoms with Crippen LogP contribution in [0.2, 0.25) is 5.02 Å². The summed E-state index contributed by atoms with van der Waals surface area (Å²) in [6.45, 7) is 8.86. The largest absolute Gasteiger partial charge is 0.394 e. The molecule has 2 saturated heterocycles. The molecule has 2 aromatic rings. The van der Waals surface area contributed by atoms with Crippen molar-refractivity contribution >= 4 is 46.8 Å². The highest BCUT2D eigenvalue weighted by Crippen LogP contribution is 2.66. The van der Waals surface area contributed by atoms with Crippen molar-refractivity contribution in [2.75, 3.05) is 24.6 Å². The van der Waals surface area contributed by atoms with Crippen LogP contribution >= 0.6 is 23.4 Å². The molecule has 1 N–H and O–H groups in total. The van der Waals surface area contributed by atoms with Crippen LogP contribution in [0.25, 0.3) is 0 Å². The fraction of sp³-hybridized carbons (Fsp3) is 0.457. The Bertz CT molecular complexity index is 1510. The first-order valence-corrected chi connectivity index (χ1v) is 16.6. The predicted molar refractivity (Wildman–Crippen MR) is 175 cm³/mol. The minimum Gasteiger partial charge on any atom is -0.394 e. The summed E-state index contributed by atoms with van der Waals surface area (Å²) in [6.07, 6.45) is 8.80. The first-order chi connectivity index (χ1) is 21.1. The number of hydrogen-bond acceptors (Lipinski definition) is 5. The summed E-state index contributed by atoms with van der Waals surface area (Å²) in [4.78, 5) is 49.6. The molecule has 0 saturated carbocycles.